The molecule has 0 radical (unpaired) electrons. The van der Waals surface area contributed by atoms with Gasteiger partial charge in [-0.1, -0.05) is 26.0 Å². The van der Waals surface area contributed by atoms with Crippen molar-refractivity contribution in [1.82, 2.24) is 20.2 Å². The zero-order valence-electron chi connectivity index (χ0n) is 34.3. The monoisotopic (exact) mass is 820 g/mol. The van der Waals surface area contributed by atoms with Gasteiger partial charge in [-0.25, -0.2) is 14.2 Å². The van der Waals surface area contributed by atoms with Gasteiger partial charge in [-0.05, 0) is 79.5 Å². The van der Waals surface area contributed by atoms with Crippen LogP contribution in [-0.2, 0) is 66.0 Å². The van der Waals surface area contributed by atoms with Crippen molar-refractivity contribution >= 4 is 47.8 Å². The summed E-state index contributed by atoms with van der Waals surface area (Å²) in [4.78, 5) is 70.4. The normalized spacial score (nSPS) is 12.7. The number of aryl methyl sites for hydroxylation is 2. The number of aromatic nitrogens is 2. The van der Waals surface area contributed by atoms with Gasteiger partial charge in [0, 0.05) is 61.1 Å². The number of carbonyl (C=O) groups excluding carboxylic acids is 4. The number of nitrogens with zero attached hydrogens (tertiary/aromatic N) is 2. The van der Waals surface area contributed by atoms with E-state index in [1.807, 2.05) is 13.8 Å². The second-order valence-corrected chi connectivity index (χ2v) is 14.0. The first-order chi connectivity index (χ1) is 28.2. The highest BCUT2D eigenvalue weighted by atomic mass is 19.1. The Balaban J connectivity index is 0.000000283. The summed E-state index contributed by atoms with van der Waals surface area (Å²) in [6.45, 7) is 8.38. The Morgan fingerprint density at radius 3 is 2.24 bits per heavy atom. The Morgan fingerprint density at radius 2 is 1.68 bits per heavy atom. The van der Waals surface area contributed by atoms with Crippen LogP contribution in [0.2, 0.25) is 0 Å². The van der Waals surface area contributed by atoms with E-state index >= 15 is 0 Å². The van der Waals surface area contributed by atoms with E-state index in [2.05, 4.69) is 29.8 Å². The van der Waals surface area contributed by atoms with E-state index in [4.69, 9.17) is 34.8 Å². The van der Waals surface area contributed by atoms with Crippen LogP contribution in [0.15, 0.2) is 41.2 Å². The van der Waals surface area contributed by atoms with Gasteiger partial charge in [-0.2, -0.15) is 0 Å². The number of alkyl carbamates (subject to hydrolysis) is 1. The van der Waals surface area contributed by atoms with Crippen LogP contribution in [0.3, 0.4) is 0 Å². The van der Waals surface area contributed by atoms with Crippen LogP contribution in [0.5, 0.6) is 0 Å². The molecule has 2 unspecified atom stereocenters. The van der Waals surface area contributed by atoms with Crippen LogP contribution in [0.1, 0.15) is 72.2 Å². The number of benzene rings is 2. The summed E-state index contributed by atoms with van der Waals surface area (Å²) in [7, 11) is 4.42. The molecule has 1 aliphatic heterocycles. The number of pyridine rings is 2. The molecule has 4 aromatic rings. The first kappa shape index (κ1) is 47.3. The molecule has 17 heteroatoms. The van der Waals surface area contributed by atoms with Gasteiger partial charge in [-0.3, -0.25) is 19.2 Å². The van der Waals surface area contributed by atoms with E-state index < -0.39 is 12.2 Å². The lowest BCUT2D eigenvalue weighted by Gasteiger charge is -2.21. The third-order valence-corrected chi connectivity index (χ3v) is 9.85. The second-order valence-electron chi connectivity index (χ2n) is 14.0. The summed E-state index contributed by atoms with van der Waals surface area (Å²) in [5, 5.41) is 15.1. The predicted molar refractivity (Wildman–Crippen MR) is 219 cm³/mol. The molecule has 16 nitrogen and oxygen atoms in total. The largest absolute Gasteiger partial charge is 0.483 e. The van der Waals surface area contributed by atoms with Gasteiger partial charge in [-0.15, -0.1) is 0 Å². The summed E-state index contributed by atoms with van der Waals surface area (Å²) in [5.74, 6) is 0.0566. The number of fused-ring (bicyclic) bond motifs is 4. The number of anilines is 1. The molecule has 2 aliphatic rings. The predicted octanol–water partition coefficient (Wildman–Crippen LogP) is 4.31. The Kier molecular flexibility index (Phi) is 18.3. The van der Waals surface area contributed by atoms with Crippen LogP contribution in [0.4, 0.5) is 14.9 Å². The van der Waals surface area contributed by atoms with Crippen LogP contribution >= 0.6 is 0 Å². The van der Waals surface area contributed by atoms with Crippen molar-refractivity contribution in [1.29, 1.82) is 0 Å². The lowest BCUT2D eigenvalue weighted by molar-refractivity contribution is -0.123. The van der Waals surface area contributed by atoms with Crippen molar-refractivity contribution in [3.63, 3.8) is 0 Å². The maximum atomic E-state index is 14.6. The number of methoxy groups -OCH3 is 2. The minimum atomic E-state index is -0.877. The van der Waals surface area contributed by atoms with E-state index in [1.54, 1.807) is 34.9 Å². The lowest BCUT2D eigenvalue weighted by atomic mass is 9.85. The van der Waals surface area contributed by atoms with Crippen molar-refractivity contribution in [3.05, 3.63) is 91.5 Å². The molecule has 0 fully saturated rings. The summed E-state index contributed by atoms with van der Waals surface area (Å²) in [5.41, 5.74) is 13.3. The molecule has 6 rings (SSSR count). The Labute approximate surface area is 341 Å². The molecule has 2 atom stereocenters. The second kappa shape index (κ2) is 22.8. The number of amides is 3. The zero-order chi connectivity index (χ0) is 43.8. The number of carbonyl (C=O) groups is 5. The molecule has 0 spiro atoms. The molecular weight excluding hydrogens is 767 g/mol. The van der Waals surface area contributed by atoms with Gasteiger partial charge in [0.1, 0.15) is 18.5 Å². The topological polar surface area (TPSA) is 230 Å². The van der Waals surface area contributed by atoms with Gasteiger partial charge in [0.15, 0.2) is 6.29 Å². The van der Waals surface area contributed by atoms with E-state index in [-0.39, 0.29) is 43.5 Å². The van der Waals surface area contributed by atoms with Crippen molar-refractivity contribution in [2.45, 2.75) is 78.9 Å². The fraction of sp³-hybridized carbons (Fsp3) is 0.405. The number of hydrogen-bond acceptors (Lipinski definition) is 11. The Hall–Kier alpha value is -6.04. The van der Waals surface area contributed by atoms with Crippen LogP contribution in [0.25, 0.3) is 22.3 Å². The minimum Gasteiger partial charge on any atom is -0.483 e. The van der Waals surface area contributed by atoms with Crippen molar-refractivity contribution in [3.8, 4) is 11.4 Å². The summed E-state index contributed by atoms with van der Waals surface area (Å²) in [6.07, 6.45) is 2.38. The van der Waals surface area contributed by atoms with E-state index in [1.165, 1.54) is 27.3 Å². The SMILES string of the molecule is CC(C)C(C)N.CNC(=O)OCc1ccc(NC(=O)CNC=O)cc1.COCc1c(C(C=O)OC)cc2n(c1=O)Cc1c-2nc2cc(F)c(C)c3c2c1CCC3.O=CO. The van der Waals surface area contributed by atoms with E-state index in [9.17, 15) is 28.4 Å². The molecule has 0 saturated heterocycles. The highest BCUT2D eigenvalue weighted by Crippen LogP contribution is 2.41. The number of carboxylic acid groups (broad SMARTS) is 1. The molecule has 3 amide bonds. The number of aldehydes is 1. The first-order valence-electron chi connectivity index (χ1n) is 18.8. The highest BCUT2D eigenvalue weighted by molar-refractivity contribution is 5.93. The molecule has 3 heterocycles. The first-order valence-corrected chi connectivity index (χ1v) is 18.8. The number of nitrogens with two attached hydrogens (primary N) is 1. The molecule has 59 heavy (non-hydrogen) atoms. The number of hydrogen-bond donors (Lipinski definition) is 5. The highest BCUT2D eigenvalue weighted by Gasteiger charge is 2.32. The van der Waals surface area contributed by atoms with Gasteiger partial charge >= 0.3 is 6.09 Å². The maximum Gasteiger partial charge on any atom is 0.407 e. The van der Waals surface area contributed by atoms with Crippen LogP contribution in [-0.4, -0.2) is 79.7 Å². The minimum absolute atomic E-state index is 0.0783. The Bertz CT molecular complexity index is 2170. The molecular formula is C42H53FN6O10. The number of nitrogens with one attached hydrogen (secondary N) is 3. The van der Waals surface area contributed by atoms with Gasteiger partial charge in [0.25, 0.3) is 12.0 Å². The average Bonchev–Trinajstić information content (AvgIpc) is 3.60. The van der Waals surface area contributed by atoms with Crippen LogP contribution in [0, 0.1) is 18.7 Å². The van der Waals surface area contributed by atoms with Crippen LogP contribution < -0.4 is 27.2 Å². The molecule has 1 aliphatic carbocycles. The maximum absolute atomic E-state index is 14.6. The summed E-state index contributed by atoms with van der Waals surface area (Å²) >= 11 is 0. The van der Waals surface area contributed by atoms with Crippen molar-refractivity contribution in [2.24, 2.45) is 11.7 Å². The Morgan fingerprint density at radius 1 is 1.03 bits per heavy atom. The fourth-order valence-electron chi connectivity index (χ4n) is 6.37. The lowest BCUT2D eigenvalue weighted by Crippen LogP contribution is -2.27. The van der Waals surface area contributed by atoms with E-state index in [0.717, 1.165) is 46.9 Å². The third kappa shape index (κ3) is 12.0. The molecule has 6 N–H and O–H groups in total. The number of halogens is 1. The number of ether oxygens (including phenoxy) is 3. The quantitative estimate of drug-likeness (QED) is 0.111. The molecule has 2 aromatic carbocycles. The van der Waals surface area contributed by atoms with Crippen molar-refractivity contribution < 1.29 is 47.7 Å². The third-order valence-electron chi connectivity index (χ3n) is 9.85. The molecule has 2 aromatic heterocycles. The van der Waals surface area contributed by atoms with Gasteiger partial charge < -0.3 is 50.4 Å². The standard InChI is InChI=1S/C24H23FN2O4.C12H15N3O4.C5H13N.CH2O2/c1-12-13-5-4-6-14-16-9-27-20(23(16)26-19(22(13)14)8-18(12)25)7-15(21(10-28)31-3)17(11-30-2)24(27)29;1-13-12(18)19-7-9-2-4-10(5-3-9)15-11(17)6-14-8-16;1-4(2)5(3)6;2-1-3/h7-8,10,21H,4-6,9,11H2,1-3H3;2-5,8H,6-7H2,1H3,(H,13,18)(H,14,16)(H,15,17);4-5H,6H2,1-3H3;1H,(H,2,3). The zero-order valence-corrected chi connectivity index (χ0v) is 34.3. The smallest absolute Gasteiger partial charge is 0.407 e. The van der Waals surface area contributed by atoms with E-state index in [0.29, 0.717) is 70.5 Å². The number of rotatable bonds is 12. The van der Waals surface area contributed by atoms with Crippen molar-refractivity contribution in [2.75, 3.05) is 33.1 Å². The average molecular weight is 821 g/mol. The molecule has 0 saturated carbocycles. The summed E-state index contributed by atoms with van der Waals surface area (Å²) < 4.78 is 31.7. The van der Waals surface area contributed by atoms with Gasteiger partial charge in [0.05, 0.1) is 36.6 Å². The fourth-order valence-corrected chi connectivity index (χ4v) is 6.37. The molecule has 0 bridgehead atoms. The summed E-state index contributed by atoms with van der Waals surface area (Å²) in [6, 6.07) is 10.5. The van der Waals surface area contributed by atoms with Gasteiger partial charge in [0.2, 0.25) is 12.3 Å². The molecule has 318 valence electrons.